The summed E-state index contributed by atoms with van der Waals surface area (Å²) in [5, 5.41) is 14.2. The van der Waals surface area contributed by atoms with E-state index in [-0.39, 0.29) is 1.43 Å². The molecule has 0 amide bonds. The third-order valence-electron chi connectivity index (χ3n) is 4.48. The molecule has 3 aromatic rings. The first-order chi connectivity index (χ1) is 13.0. The first kappa shape index (κ1) is 17.6. The van der Waals surface area contributed by atoms with Gasteiger partial charge in [0, 0.05) is 19.7 Å². The number of nitrogens with zero attached hydrogens (tertiary/aromatic N) is 3. The largest absolute Gasteiger partial charge is 0.416 e. The van der Waals surface area contributed by atoms with E-state index in [1.165, 1.54) is 12.1 Å². The van der Waals surface area contributed by atoms with Gasteiger partial charge in [-0.15, -0.1) is 5.10 Å². The maximum Gasteiger partial charge on any atom is 0.416 e. The van der Waals surface area contributed by atoms with E-state index in [1.54, 1.807) is 4.52 Å². The molecule has 1 aliphatic rings. The zero-order chi connectivity index (χ0) is 18.9. The number of benzene rings is 1. The summed E-state index contributed by atoms with van der Waals surface area (Å²) in [7, 11) is 0. The molecule has 0 aliphatic carbocycles. The summed E-state index contributed by atoms with van der Waals surface area (Å²) in [6.45, 7) is 1.93. The van der Waals surface area contributed by atoms with E-state index in [0.29, 0.717) is 23.3 Å². The lowest BCUT2D eigenvalue weighted by molar-refractivity contribution is -0.137. The van der Waals surface area contributed by atoms with Crippen LogP contribution in [0, 0.1) is 0 Å². The van der Waals surface area contributed by atoms with E-state index in [0.717, 1.165) is 43.9 Å². The average molecular weight is 378 g/mol. The van der Waals surface area contributed by atoms with Gasteiger partial charge in [-0.05, 0) is 55.8 Å². The molecule has 3 heterocycles. The molecule has 6 nitrogen and oxygen atoms in total. The van der Waals surface area contributed by atoms with Crippen LogP contribution in [0.4, 0.5) is 30.6 Å². The van der Waals surface area contributed by atoms with Gasteiger partial charge >= 0.3 is 6.18 Å². The Balaban J connectivity index is 0.00000225. The lowest BCUT2D eigenvalue weighted by Crippen LogP contribution is -2.38. The Bertz CT molecular complexity index is 919. The summed E-state index contributed by atoms with van der Waals surface area (Å²) < 4.78 is 39.7. The normalized spacial score (nSPS) is 17.8. The van der Waals surface area contributed by atoms with Gasteiger partial charge in [0.1, 0.15) is 5.82 Å². The molecule has 9 heteroatoms. The van der Waals surface area contributed by atoms with Crippen molar-refractivity contribution in [3.8, 4) is 0 Å². The zero-order valence-electron chi connectivity index (χ0n) is 14.4. The van der Waals surface area contributed by atoms with Crippen molar-refractivity contribution in [3.05, 3.63) is 48.0 Å². The van der Waals surface area contributed by atoms with Crippen LogP contribution in [0.3, 0.4) is 0 Å². The number of alkyl halides is 3. The fourth-order valence-electron chi connectivity index (χ4n) is 3.12. The highest BCUT2D eigenvalue weighted by Crippen LogP contribution is 2.30. The van der Waals surface area contributed by atoms with Crippen LogP contribution in [0.25, 0.3) is 5.65 Å². The average Bonchev–Trinajstić information content (AvgIpc) is 3.06. The molecule has 1 fully saturated rings. The second-order valence-electron chi connectivity index (χ2n) is 6.50. The Kier molecular flexibility index (Phi) is 4.61. The molecule has 27 heavy (non-hydrogen) atoms. The van der Waals surface area contributed by atoms with Gasteiger partial charge in [0.05, 0.1) is 5.56 Å². The Morgan fingerprint density at radius 1 is 1.15 bits per heavy atom. The topological polar surface area (TPSA) is 66.3 Å². The van der Waals surface area contributed by atoms with E-state index >= 15 is 0 Å². The van der Waals surface area contributed by atoms with Crippen molar-refractivity contribution in [1.29, 1.82) is 0 Å². The summed E-state index contributed by atoms with van der Waals surface area (Å²) >= 11 is 0. The monoisotopic (exact) mass is 378 g/mol. The first-order valence-corrected chi connectivity index (χ1v) is 8.76. The summed E-state index contributed by atoms with van der Waals surface area (Å²) in [5.41, 5.74) is 0.451. The number of anilines is 3. The lowest BCUT2D eigenvalue weighted by Gasteiger charge is -2.24. The Labute approximate surface area is 155 Å². The highest BCUT2D eigenvalue weighted by Gasteiger charge is 2.30. The molecular formula is C18H21F3N6. The van der Waals surface area contributed by atoms with E-state index < -0.39 is 11.7 Å². The predicted octanol–water partition coefficient (Wildman–Crippen LogP) is 3.90. The van der Waals surface area contributed by atoms with Gasteiger partial charge in [0.2, 0.25) is 5.95 Å². The van der Waals surface area contributed by atoms with Crippen LogP contribution in [0.2, 0.25) is 0 Å². The quantitative estimate of drug-likeness (QED) is 0.643. The van der Waals surface area contributed by atoms with Crippen molar-refractivity contribution in [2.24, 2.45) is 0 Å². The molecule has 0 radical (unpaired) electrons. The van der Waals surface area contributed by atoms with Crippen LogP contribution in [-0.2, 0) is 6.18 Å². The molecule has 0 saturated carbocycles. The highest BCUT2D eigenvalue weighted by atomic mass is 19.4. The smallest absolute Gasteiger partial charge is 0.366 e. The molecule has 0 unspecified atom stereocenters. The van der Waals surface area contributed by atoms with Crippen molar-refractivity contribution < 1.29 is 14.6 Å². The summed E-state index contributed by atoms with van der Waals surface area (Å²) in [6.07, 6.45) is -2.16. The molecule has 4 rings (SSSR count). The minimum Gasteiger partial charge on any atom is -0.366 e. The van der Waals surface area contributed by atoms with Gasteiger partial charge in [-0.2, -0.15) is 22.7 Å². The van der Waals surface area contributed by atoms with E-state index in [9.17, 15) is 13.2 Å². The number of aromatic nitrogens is 3. The highest BCUT2D eigenvalue weighted by molar-refractivity contribution is 5.58. The van der Waals surface area contributed by atoms with Crippen molar-refractivity contribution in [2.45, 2.75) is 25.1 Å². The fourth-order valence-corrected chi connectivity index (χ4v) is 3.12. The van der Waals surface area contributed by atoms with Gasteiger partial charge in [-0.1, -0.05) is 6.07 Å². The molecule has 1 aliphatic heterocycles. The number of halogens is 3. The van der Waals surface area contributed by atoms with Crippen LogP contribution >= 0.6 is 0 Å². The van der Waals surface area contributed by atoms with Gasteiger partial charge in [-0.3, -0.25) is 0 Å². The molecule has 3 N–H and O–H groups in total. The minimum absolute atomic E-state index is 0. The maximum atomic E-state index is 12.7. The van der Waals surface area contributed by atoms with Gasteiger partial charge in [0.15, 0.2) is 5.65 Å². The maximum absolute atomic E-state index is 12.7. The van der Waals surface area contributed by atoms with Gasteiger partial charge in [-0.25, -0.2) is 0 Å². The number of rotatable bonds is 4. The van der Waals surface area contributed by atoms with Crippen LogP contribution in [0.15, 0.2) is 42.5 Å². The number of nitrogens with one attached hydrogen (secondary N) is 3. The lowest BCUT2D eigenvalue weighted by atomic mass is 10.1. The second-order valence-corrected chi connectivity index (χ2v) is 6.50. The summed E-state index contributed by atoms with van der Waals surface area (Å²) in [5.74, 6) is 1.15. The van der Waals surface area contributed by atoms with Gasteiger partial charge < -0.3 is 16.0 Å². The van der Waals surface area contributed by atoms with Crippen molar-refractivity contribution in [1.82, 2.24) is 19.9 Å². The molecule has 2 aromatic heterocycles. The second kappa shape index (κ2) is 7.07. The third-order valence-corrected chi connectivity index (χ3v) is 4.48. The number of pyridine rings is 1. The third kappa shape index (κ3) is 3.97. The van der Waals surface area contributed by atoms with Crippen molar-refractivity contribution >= 4 is 23.1 Å². The summed E-state index contributed by atoms with van der Waals surface area (Å²) in [4.78, 5) is 4.40. The minimum atomic E-state index is -4.35. The van der Waals surface area contributed by atoms with E-state index in [1.807, 2.05) is 18.2 Å². The molecular weight excluding hydrogens is 357 g/mol. The number of fused-ring (bicyclic) bond motifs is 1. The number of hydrogen-bond donors (Lipinski definition) is 3. The SMILES string of the molecule is FC(F)(F)c1ccc(Nc2nc3cccc(N[C@@H]4CCCNC4)n3n2)cc1.[HH]. The van der Waals surface area contributed by atoms with E-state index in [4.69, 9.17) is 0 Å². The zero-order valence-corrected chi connectivity index (χ0v) is 14.4. The van der Waals surface area contributed by atoms with Crippen LogP contribution in [-0.4, -0.2) is 33.7 Å². The molecule has 0 spiro atoms. The first-order valence-electron chi connectivity index (χ1n) is 8.76. The van der Waals surface area contributed by atoms with Crippen LogP contribution in [0.1, 0.15) is 19.8 Å². The molecule has 144 valence electrons. The van der Waals surface area contributed by atoms with Crippen molar-refractivity contribution in [2.75, 3.05) is 23.7 Å². The van der Waals surface area contributed by atoms with Gasteiger partial charge in [0.25, 0.3) is 0 Å². The predicted molar refractivity (Wildman–Crippen MR) is 99.3 cm³/mol. The Morgan fingerprint density at radius 3 is 2.67 bits per heavy atom. The summed E-state index contributed by atoms with van der Waals surface area (Å²) in [6, 6.07) is 10.8. The molecule has 1 saturated heterocycles. The van der Waals surface area contributed by atoms with Crippen LogP contribution < -0.4 is 16.0 Å². The Morgan fingerprint density at radius 2 is 1.96 bits per heavy atom. The Hall–Kier alpha value is -2.81. The van der Waals surface area contributed by atoms with E-state index in [2.05, 4.69) is 26.0 Å². The standard InChI is InChI=1S/C18H19F3N6.H2/c19-18(20,21)12-6-8-13(9-7-12)24-17-25-16-5-1-4-15(27(16)26-17)23-14-3-2-10-22-11-14;/h1,4-9,14,22-23H,2-3,10-11H2,(H,24,26);1H/t14-;/m1./s1. The number of hydrogen-bond acceptors (Lipinski definition) is 5. The molecule has 1 aromatic carbocycles. The van der Waals surface area contributed by atoms with Crippen LogP contribution in [0.5, 0.6) is 0 Å². The fraction of sp³-hybridized carbons (Fsp3) is 0.333. The van der Waals surface area contributed by atoms with Crippen molar-refractivity contribution in [3.63, 3.8) is 0 Å². The molecule has 0 bridgehead atoms. The number of piperidine rings is 1. The molecule has 1 atom stereocenters.